The molecule has 2 bridgehead atoms. The van der Waals surface area contributed by atoms with Crippen LogP contribution >= 0.6 is 22.6 Å². The number of imide groups is 1. The average Bonchev–Trinajstić information content (AvgIpc) is 3.14. The van der Waals surface area contributed by atoms with E-state index in [4.69, 9.17) is 0 Å². The number of rotatable bonds is 4. The van der Waals surface area contributed by atoms with Crippen molar-refractivity contribution in [1.29, 1.82) is 0 Å². The maximum Gasteiger partial charge on any atom is 0.239 e. The van der Waals surface area contributed by atoms with Crippen LogP contribution in [0.1, 0.15) is 18.1 Å². The number of halogens is 1. The number of ketones is 1. The molecule has 30 heavy (non-hydrogen) atoms. The molecule has 2 amide bonds. The predicted molar refractivity (Wildman–Crippen MR) is 122 cm³/mol. The summed E-state index contributed by atoms with van der Waals surface area (Å²) in [5.74, 6) is -1.69. The molecule has 6 heteroatoms. The van der Waals surface area contributed by atoms with Gasteiger partial charge in [0.25, 0.3) is 0 Å². The van der Waals surface area contributed by atoms with Gasteiger partial charge in [0.15, 0.2) is 5.78 Å². The molecule has 3 aliphatic rings. The second-order valence-electron chi connectivity index (χ2n) is 8.04. The number of hydrogen-bond donors (Lipinski definition) is 0. The van der Waals surface area contributed by atoms with E-state index >= 15 is 0 Å². The van der Waals surface area contributed by atoms with Crippen LogP contribution in [-0.2, 0) is 27.3 Å². The number of nitrogens with zero attached hydrogens (tertiary/aromatic N) is 2. The molecular formula is C24H21IN2O3. The van der Waals surface area contributed by atoms with Gasteiger partial charge in [-0.25, -0.2) is 4.90 Å². The third kappa shape index (κ3) is 2.88. The molecule has 5 nitrogen and oxygen atoms in total. The fraction of sp³-hybridized carbons (Fsp3) is 0.292. The van der Waals surface area contributed by atoms with Crippen LogP contribution in [0.5, 0.6) is 0 Å². The minimum Gasteiger partial charge on any atom is -0.293 e. The number of aryl methyl sites for hydroxylation is 1. The molecule has 2 aromatic rings. The quantitative estimate of drug-likeness (QED) is 0.466. The Bertz CT molecular complexity index is 1080. The summed E-state index contributed by atoms with van der Waals surface area (Å²) in [6.07, 6.45) is 4.26. The highest BCUT2D eigenvalue weighted by atomic mass is 127. The molecule has 3 aliphatic heterocycles. The zero-order valence-corrected chi connectivity index (χ0v) is 18.7. The Labute approximate surface area is 188 Å². The fourth-order valence-corrected chi connectivity index (χ4v) is 5.58. The Kier molecular flexibility index (Phi) is 4.86. The summed E-state index contributed by atoms with van der Waals surface area (Å²) in [7, 11) is 0. The highest BCUT2D eigenvalue weighted by molar-refractivity contribution is 14.1. The number of hydrogen-bond acceptors (Lipinski definition) is 4. The first-order chi connectivity index (χ1) is 14.5. The topological polar surface area (TPSA) is 57.7 Å². The smallest absolute Gasteiger partial charge is 0.239 e. The van der Waals surface area contributed by atoms with Gasteiger partial charge in [0, 0.05) is 16.2 Å². The van der Waals surface area contributed by atoms with Crippen LogP contribution in [0, 0.1) is 15.4 Å². The van der Waals surface area contributed by atoms with Crippen molar-refractivity contribution in [2.45, 2.75) is 32.0 Å². The molecule has 2 aromatic carbocycles. The molecule has 3 heterocycles. The van der Waals surface area contributed by atoms with Crippen molar-refractivity contribution in [3.8, 4) is 0 Å². The predicted octanol–water partition coefficient (Wildman–Crippen LogP) is 3.35. The normalized spacial score (nSPS) is 27.8. The van der Waals surface area contributed by atoms with Gasteiger partial charge in [-0.2, -0.15) is 0 Å². The molecule has 2 saturated heterocycles. The van der Waals surface area contributed by atoms with Crippen LogP contribution in [0.3, 0.4) is 0 Å². The van der Waals surface area contributed by atoms with E-state index in [0.29, 0.717) is 12.2 Å². The highest BCUT2D eigenvalue weighted by Gasteiger charge is 2.64. The van der Waals surface area contributed by atoms with Crippen molar-refractivity contribution in [3.63, 3.8) is 0 Å². The molecule has 0 N–H and O–H groups in total. The van der Waals surface area contributed by atoms with Crippen LogP contribution in [0.15, 0.2) is 60.7 Å². The number of benzene rings is 2. The molecule has 0 radical (unpaired) electrons. The van der Waals surface area contributed by atoms with E-state index in [9.17, 15) is 14.4 Å². The summed E-state index contributed by atoms with van der Waals surface area (Å²) in [5, 5.41) is 0. The van der Waals surface area contributed by atoms with Crippen LogP contribution in [-0.4, -0.2) is 34.6 Å². The Hall–Kier alpha value is -2.32. The van der Waals surface area contributed by atoms with Gasteiger partial charge in [-0.1, -0.05) is 43.3 Å². The van der Waals surface area contributed by atoms with Crippen molar-refractivity contribution in [2.24, 2.45) is 11.8 Å². The molecule has 0 unspecified atom stereocenters. The third-order valence-corrected chi connectivity index (χ3v) is 7.56. The monoisotopic (exact) mass is 512 g/mol. The Morgan fingerprint density at radius 3 is 2.33 bits per heavy atom. The third-order valence-electron chi connectivity index (χ3n) is 6.51. The maximum atomic E-state index is 13.4. The van der Waals surface area contributed by atoms with E-state index in [1.807, 2.05) is 59.5 Å². The highest BCUT2D eigenvalue weighted by Crippen LogP contribution is 2.47. The van der Waals surface area contributed by atoms with Gasteiger partial charge in [0.05, 0.1) is 23.6 Å². The molecule has 0 spiro atoms. The molecule has 5 rings (SSSR count). The largest absolute Gasteiger partial charge is 0.293 e. The van der Waals surface area contributed by atoms with E-state index in [1.165, 1.54) is 4.90 Å². The van der Waals surface area contributed by atoms with Gasteiger partial charge in [0.2, 0.25) is 11.8 Å². The Balaban J connectivity index is 1.50. The molecule has 4 atom stereocenters. The van der Waals surface area contributed by atoms with Gasteiger partial charge in [-0.3, -0.25) is 19.3 Å². The second kappa shape index (κ2) is 7.42. The second-order valence-corrected chi connectivity index (χ2v) is 9.21. The minimum absolute atomic E-state index is 0.0889. The van der Waals surface area contributed by atoms with Crippen molar-refractivity contribution in [3.05, 3.63) is 75.4 Å². The van der Waals surface area contributed by atoms with E-state index in [-0.39, 0.29) is 23.6 Å². The van der Waals surface area contributed by atoms with Crippen LogP contribution in [0.4, 0.5) is 5.69 Å². The lowest BCUT2D eigenvalue weighted by Crippen LogP contribution is -2.48. The van der Waals surface area contributed by atoms with Crippen LogP contribution in [0.2, 0.25) is 0 Å². The van der Waals surface area contributed by atoms with E-state index < -0.39 is 17.9 Å². The Morgan fingerprint density at radius 2 is 1.63 bits per heavy atom. The van der Waals surface area contributed by atoms with E-state index in [1.54, 1.807) is 6.08 Å². The van der Waals surface area contributed by atoms with Gasteiger partial charge >= 0.3 is 0 Å². The number of amides is 2. The Morgan fingerprint density at radius 1 is 0.933 bits per heavy atom. The minimum atomic E-state index is -0.628. The maximum absolute atomic E-state index is 13.4. The molecule has 152 valence electrons. The standard InChI is InChI=1S/C24H21IN2O3/c1-2-14-7-9-16(10-8-14)27-23(29)20-18-11-12-19(28)22(21(20)24(27)30)26(18)13-15-5-3-4-6-17(15)25/h3-12,18,20-22H,2,13H2,1H3/t18-,20-,21-,22+/m0/s1. The van der Waals surface area contributed by atoms with Crippen molar-refractivity contribution in [2.75, 3.05) is 4.90 Å². The molecule has 0 aliphatic carbocycles. The summed E-state index contributed by atoms with van der Waals surface area (Å²) in [6, 6.07) is 14.7. The van der Waals surface area contributed by atoms with Crippen molar-refractivity contribution >= 4 is 45.9 Å². The first kappa shape index (κ1) is 19.6. The number of carbonyl (C=O) groups is 3. The summed E-state index contributed by atoms with van der Waals surface area (Å²) in [6.45, 7) is 2.61. The summed E-state index contributed by atoms with van der Waals surface area (Å²) in [4.78, 5) is 43.0. The summed E-state index contributed by atoms with van der Waals surface area (Å²) >= 11 is 2.28. The first-order valence-corrected chi connectivity index (χ1v) is 11.3. The number of anilines is 1. The zero-order chi connectivity index (χ0) is 21.0. The molecular weight excluding hydrogens is 491 g/mol. The van der Waals surface area contributed by atoms with Crippen molar-refractivity contribution < 1.29 is 14.4 Å². The zero-order valence-electron chi connectivity index (χ0n) is 16.5. The first-order valence-electron chi connectivity index (χ1n) is 10.2. The lowest BCUT2D eigenvalue weighted by molar-refractivity contribution is -0.129. The van der Waals surface area contributed by atoms with Gasteiger partial charge in [0.1, 0.15) is 0 Å². The lowest BCUT2D eigenvalue weighted by Gasteiger charge is -2.33. The molecule has 0 saturated carbocycles. The average molecular weight is 512 g/mol. The number of fused-ring (bicyclic) bond motifs is 5. The van der Waals surface area contributed by atoms with Crippen molar-refractivity contribution in [1.82, 2.24) is 4.90 Å². The van der Waals surface area contributed by atoms with Crippen LogP contribution < -0.4 is 4.90 Å². The summed E-state index contributed by atoms with van der Waals surface area (Å²) < 4.78 is 1.11. The lowest BCUT2D eigenvalue weighted by atomic mass is 9.90. The van der Waals surface area contributed by atoms with Gasteiger partial charge in [-0.05, 0) is 64.4 Å². The molecule has 2 fully saturated rings. The van der Waals surface area contributed by atoms with Gasteiger partial charge in [-0.15, -0.1) is 0 Å². The summed E-state index contributed by atoms with van der Waals surface area (Å²) in [5.41, 5.74) is 2.84. The number of carbonyl (C=O) groups excluding carboxylic acids is 3. The van der Waals surface area contributed by atoms with E-state index in [0.717, 1.165) is 21.1 Å². The van der Waals surface area contributed by atoms with Gasteiger partial charge < -0.3 is 0 Å². The van der Waals surface area contributed by atoms with E-state index in [2.05, 4.69) is 29.5 Å². The molecule has 0 aromatic heterocycles. The fourth-order valence-electron chi connectivity index (χ4n) is 5.03. The SMILES string of the molecule is CCc1ccc(N2C(=O)[C@@H]3[C@H](C2=O)[C@H]2C(=O)C=C[C@@H]3N2Cc2ccccc2I)cc1. The van der Waals surface area contributed by atoms with Crippen LogP contribution in [0.25, 0.3) is 0 Å².